The molecule has 2 heterocycles. The minimum atomic E-state index is -0.974. The standard InChI is InChI=1S/C7H5N3O2/c11-7(12)4-1-2-8-6-5(4)9-3-10-6/h1-3,5H,(H,11,12). The second-order valence-corrected chi connectivity index (χ2v) is 2.36. The number of allylic oxidation sites excluding steroid dienone is 1. The van der Waals surface area contributed by atoms with E-state index in [-0.39, 0.29) is 5.57 Å². The van der Waals surface area contributed by atoms with Gasteiger partial charge in [-0.1, -0.05) is 0 Å². The van der Waals surface area contributed by atoms with Crippen molar-refractivity contribution in [1.29, 1.82) is 0 Å². The lowest BCUT2D eigenvalue weighted by molar-refractivity contribution is -0.132. The summed E-state index contributed by atoms with van der Waals surface area (Å²) in [5.74, 6) is -0.521. The number of rotatable bonds is 1. The fourth-order valence-corrected chi connectivity index (χ4v) is 1.09. The Bertz CT molecular complexity index is 352. The Labute approximate surface area is 67.9 Å². The topological polar surface area (TPSA) is 74.4 Å². The van der Waals surface area contributed by atoms with Gasteiger partial charge in [-0.25, -0.2) is 14.8 Å². The van der Waals surface area contributed by atoms with E-state index in [2.05, 4.69) is 15.0 Å². The van der Waals surface area contributed by atoms with Gasteiger partial charge in [-0.05, 0) is 6.08 Å². The van der Waals surface area contributed by atoms with Crippen LogP contribution in [0.4, 0.5) is 0 Å². The quantitative estimate of drug-likeness (QED) is 0.585. The molecule has 2 aliphatic heterocycles. The maximum absolute atomic E-state index is 10.6. The molecule has 5 nitrogen and oxygen atoms in total. The van der Waals surface area contributed by atoms with Crippen molar-refractivity contribution in [3.05, 3.63) is 11.6 Å². The highest BCUT2D eigenvalue weighted by Gasteiger charge is 2.28. The fraction of sp³-hybridized carbons (Fsp3) is 0.143. The SMILES string of the molecule is O=C(O)C1=CC=NC2=NC=NC12. The van der Waals surface area contributed by atoms with Crippen LogP contribution in [0.3, 0.4) is 0 Å². The van der Waals surface area contributed by atoms with Gasteiger partial charge in [0.2, 0.25) is 0 Å². The molecule has 0 saturated heterocycles. The molecule has 0 aromatic rings. The lowest BCUT2D eigenvalue weighted by Crippen LogP contribution is -2.24. The van der Waals surface area contributed by atoms with E-state index in [4.69, 9.17) is 5.11 Å². The molecule has 0 spiro atoms. The number of nitrogens with zero attached hydrogens (tertiary/aromatic N) is 3. The van der Waals surface area contributed by atoms with Crippen molar-refractivity contribution >= 4 is 24.4 Å². The molecule has 2 rings (SSSR count). The lowest BCUT2D eigenvalue weighted by atomic mass is 10.1. The van der Waals surface area contributed by atoms with Gasteiger partial charge in [-0.3, -0.25) is 4.99 Å². The van der Waals surface area contributed by atoms with Crippen LogP contribution in [0.15, 0.2) is 26.6 Å². The van der Waals surface area contributed by atoms with Gasteiger partial charge in [0.05, 0.1) is 5.57 Å². The summed E-state index contributed by atoms with van der Waals surface area (Å²) in [4.78, 5) is 22.2. The molecule has 0 aromatic carbocycles. The fourth-order valence-electron chi connectivity index (χ4n) is 1.09. The van der Waals surface area contributed by atoms with Crippen LogP contribution in [0.1, 0.15) is 0 Å². The van der Waals surface area contributed by atoms with Gasteiger partial charge >= 0.3 is 5.97 Å². The number of dihydropyridines is 1. The highest BCUT2D eigenvalue weighted by Crippen LogP contribution is 2.16. The monoisotopic (exact) mass is 163 g/mol. The number of carboxylic acid groups (broad SMARTS) is 1. The van der Waals surface area contributed by atoms with E-state index in [0.29, 0.717) is 5.84 Å². The summed E-state index contributed by atoms with van der Waals surface area (Å²) in [5.41, 5.74) is 0.220. The normalized spacial score (nSPS) is 24.8. The number of fused-ring (bicyclic) bond motifs is 1. The molecule has 0 aromatic heterocycles. The predicted molar refractivity (Wildman–Crippen MR) is 43.9 cm³/mol. The highest BCUT2D eigenvalue weighted by atomic mass is 16.4. The van der Waals surface area contributed by atoms with Gasteiger partial charge in [0, 0.05) is 6.21 Å². The molecule has 0 fully saturated rings. The molecule has 1 N–H and O–H groups in total. The van der Waals surface area contributed by atoms with E-state index in [9.17, 15) is 4.79 Å². The second kappa shape index (κ2) is 2.37. The number of aliphatic imine (C=N–C) groups is 3. The summed E-state index contributed by atoms with van der Waals surface area (Å²) in [6.45, 7) is 0. The number of carbonyl (C=O) groups is 1. The first-order valence-corrected chi connectivity index (χ1v) is 3.36. The summed E-state index contributed by atoms with van der Waals surface area (Å²) in [6, 6.07) is -0.493. The van der Waals surface area contributed by atoms with Gasteiger partial charge in [-0.2, -0.15) is 0 Å². The van der Waals surface area contributed by atoms with Crippen LogP contribution in [0.5, 0.6) is 0 Å². The van der Waals surface area contributed by atoms with Crippen LogP contribution in [0.25, 0.3) is 0 Å². The van der Waals surface area contributed by atoms with Gasteiger partial charge in [0.25, 0.3) is 0 Å². The zero-order valence-corrected chi connectivity index (χ0v) is 6.01. The Morgan fingerprint density at radius 2 is 2.42 bits per heavy atom. The molecule has 2 aliphatic rings. The maximum atomic E-state index is 10.6. The summed E-state index contributed by atoms with van der Waals surface area (Å²) in [5, 5.41) is 8.73. The molecule has 12 heavy (non-hydrogen) atoms. The maximum Gasteiger partial charge on any atom is 0.334 e. The molecule has 0 bridgehead atoms. The van der Waals surface area contributed by atoms with Crippen molar-refractivity contribution in [1.82, 2.24) is 0 Å². The van der Waals surface area contributed by atoms with Crippen LogP contribution in [0, 0.1) is 0 Å². The summed E-state index contributed by atoms with van der Waals surface area (Å²) < 4.78 is 0. The summed E-state index contributed by atoms with van der Waals surface area (Å²) in [7, 11) is 0. The van der Waals surface area contributed by atoms with Crippen molar-refractivity contribution in [3.8, 4) is 0 Å². The third-order valence-electron chi connectivity index (χ3n) is 1.65. The lowest BCUT2D eigenvalue weighted by Gasteiger charge is -2.10. The average molecular weight is 163 g/mol. The first kappa shape index (κ1) is 6.90. The van der Waals surface area contributed by atoms with Crippen LogP contribution >= 0.6 is 0 Å². The zero-order chi connectivity index (χ0) is 8.55. The molecule has 0 radical (unpaired) electrons. The van der Waals surface area contributed by atoms with E-state index < -0.39 is 12.0 Å². The predicted octanol–water partition coefficient (Wildman–Crippen LogP) is -0.109. The molecule has 0 saturated carbocycles. The van der Waals surface area contributed by atoms with E-state index in [1.54, 1.807) is 0 Å². The van der Waals surface area contributed by atoms with Crippen LogP contribution in [0.2, 0.25) is 0 Å². The Hall–Kier alpha value is -1.78. The number of carboxylic acids is 1. The van der Waals surface area contributed by atoms with Gasteiger partial charge in [0.15, 0.2) is 5.84 Å². The molecule has 1 unspecified atom stereocenters. The average Bonchev–Trinajstić information content (AvgIpc) is 2.49. The first-order valence-electron chi connectivity index (χ1n) is 3.36. The molecule has 1 atom stereocenters. The Balaban J connectivity index is 2.41. The van der Waals surface area contributed by atoms with E-state index >= 15 is 0 Å². The van der Waals surface area contributed by atoms with Crippen LogP contribution in [-0.2, 0) is 4.79 Å². The van der Waals surface area contributed by atoms with Crippen molar-refractivity contribution < 1.29 is 9.90 Å². The Morgan fingerprint density at radius 1 is 1.58 bits per heavy atom. The van der Waals surface area contributed by atoms with E-state index in [0.717, 1.165) is 0 Å². The highest BCUT2D eigenvalue weighted by molar-refractivity contribution is 6.13. The Morgan fingerprint density at radius 3 is 3.17 bits per heavy atom. The number of hydrogen-bond acceptors (Lipinski definition) is 4. The minimum Gasteiger partial charge on any atom is -0.478 e. The molecular weight excluding hydrogens is 158 g/mol. The van der Waals surface area contributed by atoms with E-state index in [1.807, 2.05) is 0 Å². The molecule has 60 valence electrons. The summed E-state index contributed by atoms with van der Waals surface area (Å²) in [6.07, 6.45) is 4.20. The number of aliphatic carboxylic acids is 1. The minimum absolute atomic E-state index is 0.220. The van der Waals surface area contributed by atoms with Gasteiger partial charge in [-0.15, -0.1) is 0 Å². The largest absolute Gasteiger partial charge is 0.478 e. The van der Waals surface area contributed by atoms with Crippen molar-refractivity contribution in [2.24, 2.45) is 15.0 Å². The molecule has 5 heteroatoms. The van der Waals surface area contributed by atoms with Crippen LogP contribution in [-0.4, -0.2) is 35.5 Å². The molecule has 0 aliphatic carbocycles. The zero-order valence-electron chi connectivity index (χ0n) is 6.01. The third kappa shape index (κ3) is 0.868. The third-order valence-corrected chi connectivity index (χ3v) is 1.65. The molecular formula is C7H5N3O2. The van der Waals surface area contributed by atoms with Crippen molar-refractivity contribution in [2.45, 2.75) is 6.04 Å². The number of hydrogen-bond donors (Lipinski definition) is 1. The Kier molecular flexibility index (Phi) is 1.36. The number of amidine groups is 1. The van der Waals surface area contributed by atoms with E-state index in [1.165, 1.54) is 18.6 Å². The smallest absolute Gasteiger partial charge is 0.334 e. The van der Waals surface area contributed by atoms with Crippen molar-refractivity contribution in [3.63, 3.8) is 0 Å². The van der Waals surface area contributed by atoms with Crippen molar-refractivity contribution in [2.75, 3.05) is 0 Å². The first-order chi connectivity index (χ1) is 5.79. The summed E-state index contributed by atoms with van der Waals surface area (Å²) >= 11 is 0. The van der Waals surface area contributed by atoms with Gasteiger partial charge in [0.1, 0.15) is 12.4 Å². The van der Waals surface area contributed by atoms with Gasteiger partial charge < -0.3 is 5.11 Å². The van der Waals surface area contributed by atoms with Crippen LogP contribution < -0.4 is 0 Å². The second-order valence-electron chi connectivity index (χ2n) is 2.36. The molecule has 0 amide bonds.